The van der Waals surface area contributed by atoms with Crippen molar-refractivity contribution >= 4 is 11.6 Å². The molecule has 108 valence electrons. The summed E-state index contributed by atoms with van der Waals surface area (Å²) in [6, 6.07) is 5.01. The Hall–Kier alpha value is -2.23. The van der Waals surface area contributed by atoms with Crippen LogP contribution in [0, 0.1) is 12.3 Å². The van der Waals surface area contributed by atoms with Crippen LogP contribution in [0.25, 0.3) is 0 Å². The summed E-state index contributed by atoms with van der Waals surface area (Å²) < 4.78 is 10.5. The van der Waals surface area contributed by atoms with Crippen LogP contribution in [0.4, 0.5) is 5.69 Å². The summed E-state index contributed by atoms with van der Waals surface area (Å²) in [6.07, 6.45) is 5.07. The number of methoxy groups -OCH3 is 1. The van der Waals surface area contributed by atoms with Gasteiger partial charge in [0.15, 0.2) is 11.5 Å². The highest BCUT2D eigenvalue weighted by molar-refractivity contribution is 5.92. The number of hydrogen-bond donors (Lipinski definition) is 3. The Morgan fingerprint density at radius 1 is 1.45 bits per heavy atom. The van der Waals surface area contributed by atoms with E-state index in [0.717, 1.165) is 0 Å². The van der Waals surface area contributed by atoms with Crippen molar-refractivity contribution in [3.8, 4) is 23.8 Å². The molecule has 0 aliphatic heterocycles. The van der Waals surface area contributed by atoms with Crippen molar-refractivity contribution in [2.75, 3.05) is 38.7 Å². The first kappa shape index (κ1) is 15.8. The lowest BCUT2D eigenvalue weighted by Gasteiger charge is -2.12. The van der Waals surface area contributed by atoms with Crippen molar-refractivity contribution < 1.29 is 19.4 Å². The lowest BCUT2D eigenvalue weighted by molar-refractivity contribution is -0.115. The van der Waals surface area contributed by atoms with E-state index in [1.807, 2.05) is 0 Å². The molecule has 0 atom stereocenters. The Kier molecular flexibility index (Phi) is 6.96. The van der Waals surface area contributed by atoms with Gasteiger partial charge in [-0.25, -0.2) is 0 Å². The first-order valence-corrected chi connectivity index (χ1v) is 6.07. The maximum atomic E-state index is 11.6. The average molecular weight is 278 g/mol. The minimum absolute atomic E-state index is 0.101. The van der Waals surface area contributed by atoms with Gasteiger partial charge in [0.2, 0.25) is 5.91 Å². The second-order valence-corrected chi connectivity index (χ2v) is 3.79. The number of amides is 1. The number of rotatable bonds is 8. The smallest absolute Gasteiger partial charge is 0.238 e. The standard InChI is InChI=1S/C14H18N2O4/c1-3-6-15-10-14(18)16-11-4-5-12(19-2)13(9-11)20-8-7-17/h1,4-5,9,15,17H,6-8,10H2,2H3,(H,16,18). The van der Waals surface area contributed by atoms with E-state index in [0.29, 0.717) is 23.7 Å². The van der Waals surface area contributed by atoms with Crippen LogP contribution >= 0.6 is 0 Å². The molecule has 1 aromatic carbocycles. The predicted molar refractivity (Wildman–Crippen MR) is 75.9 cm³/mol. The van der Waals surface area contributed by atoms with Crippen LogP contribution in [-0.4, -0.2) is 44.4 Å². The number of carbonyl (C=O) groups excluding carboxylic acids is 1. The van der Waals surface area contributed by atoms with Crippen molar-refractivity contribution in [3.63, 3.8) is 0 Å². The third-order valence-electron chi connectivity index (χ3n) is 2.31. The van der Waals surface area contributed by atoms with E-state index < -0.39 is 0 Å². The van der Waals surface area contributed by atoms with E-state index in [2.05, 4.69) is 16.6 Å². The maximum Gasteiger partial charge on any atom is 0.238 e. The first-order valence-electron chi connectivity index (χ1n) is 6.07. The molecule has 0 unspecified atom stereocenters. The normalized spacial score (nSPS) is 9.65. The van der Waals surface area contributed by atoms with Crippen molar-refractivity contribution in [2.24, 2.45) is 0 Å². The largest absolute Gasteiger partial charge is 0.493 e. The molecule has 0 heterocycles. The van der Waals surface area contributed by atoms with Gasteiger partial charge in [-0.15, -0.1) is 6.42 Å². The molecule has 6 nitrogen and oxygen atoms in total. The third kappa shape index (κ3) is 5.18. The van der Waals surface area contributed by atoms with Crippen LogP contribution < -0.4 is 20.1 Å². The van der Waals surface area contributed by atoms with Gasteiger partial charge in [-0.3, -0.25) is 10.1 Å². The van der Waals surface area contributed by atoms with Gasteiger partial charge < -0.3 is 19.9 Å². The minimum atomic E-state index is -0.210. The minimum Gasteiger partial charge on any atom is -0.493 e. The fourth-order valence-corrected chi connectivity index (χ4v) is 1.48. The Morgan fingerprint density at radius 3 is 2.90 bits per heavy atom. The number of anilines is 1. The molecule has 1 amide bonds. The molecule has 0 aliphatic carbocycles. The third-order valence-corrected chi connectivity index (χ3v) is 2.31. The van der Waals surface area contributed by atoms with Crippen molar-refractivity contribution in [3.05, 3.63) is 18.2 Å². The summed E-state index contributed by atoms with van der Waals surface area (Å²) >= 11 is 0. The van der Waals surface area contributed by atoms with Crippen LogP contribution in [0.3, 0.4) is 0 Å². The Labute approximate surface area is 118 Å². The highest BCUT2D eigenvalue weighted by Gasteiger charge is 2.08. The molecule has 0 fully saturated rings. The molecule has 0 saturated heterocycles. The van der Waals surface area contributed by atoms with E-state index in [1.165, 1.54) is 7.11 Å². The van der Waals surface area contributed by atoms with E-state index >= 15 is 0 Å². The second kappa shape index (κ2) is 8.80. The summed E-state index contributed by atoms with van der Waals surface area (Å²) in [4.78, 5) is 11.6. The summed E-state index contributed by atoms with van der Waals surface area (Å²) in [5.41, 5.74) is 0.575. The van der Waals surface area contributed by atoms with Gasteiger partial charge >= 0.3 is 0 Å². The number of ether oxygens (including phenoxy) is 2. The SMILES string of the molecule is C#CCNCC(=O)Nc1ccc(OC)c(OCCO)c1. The zero-order valence-corrected chi connectivity index (χ0v) is 11.3. The van der Waals surface area contributed by atoms with Crippen LogP contribution in [-0.2, 0) is 4.79 Å². The maximum absolute atomic E-state index is 11.6. The number of hydrogen-bond acceptors (Lipinski definition) is 5. The molecule has 0 saturated carbocycles. The van der Waals surface area contributed by atoms with E-state index in [4.69, 9.17) is 21.0 Å². The second-order valence-electron chi connectivity index (χ2n) is 3.79. The van der Waals surface area contributed by atoms with Gasteiger partial charge in [0, 0.05) is 11.8 Å². The fraction of sp³-hybridized carbons (Fsp3) is 0.357. The zero-order chi connectivity index (χ0) is 14.8. The van der Waals surface area contributed by atoms with Gasteiger partial charge in [0.1, 0.15) is 6.61 Å². The number of terminal acetylenes is 1. The molecular formula is C14H18N2O4. The quantitative estimate of drug-likeness (QED) is 0.468. The van der Waals surface area contributed by atoms with Crippen molar-refractivity contribution in [1.82, 2.24) is 5.32 Å². The zero-order valence-electron chi connectivity index (χ0n) is 11.3. The molecule has 1 rings (SSSR count). The Balaban J connectivity index is 2.66. The molecule has 0 aromatic heterocycles. The predicted octanol–water partition coefficient (Wildman–Crippen LogP) is 0.228. The Bertz CT molecular complexity index is 483. The molecule has 1 aromatic rings. The molecule has 3 N–H and O–H groups in total. The van der Waals surface area contributed by atoms with Crippen LogP contribution in [0.15, 0.2) is 18.2 Å². The molecule has 6 heteroatoms. The number of carbonyl (C=O) groups is 1. The Morgan fingerprint density at radius 2 is 2.25 bits per heavy atom. The van der Waals surface area contributed by atoms with Gasteiger partial charge in [0.25, 0.3) is 0 Å². The van der Waals surface area contributed by atoms with Crippen LogP contribution in [0.5, 0.6) is 11.5 Å². The van der Waals surface area contributed by atoms with Gasteiger partial charge in [0.05, 0.1) is 26.8 Å². The van der Waals surface area contributed by atoms with Gasteiger partial charge in [-0.05, 0) is 12.1 Å². The number of benzene rings is 1. The van der Waals surface area contributed by atoms with E-state index in [9.17, 15) is 4.79 Å². The van der Waals surface area contributed by atoms with Crippen molar-refractivity contribution in [1.29, 1.82) is 0 Å². The number of aliphatic hydroxyl groups is 1. The fourth-order valence-electron chi connectivity index (χ4n) is 1.48. The topological polar surface area (TPSA) is 79.8 Å². The lowest BCUT2D eigenvalue weighted by Crippen LogP contribution is -2.28. The molecule has 0 spiro atoms. The highest BCUT2D eigenvalue weighted by atomic mass is 16.5. The summed E-state index contributed by atoms with van der Waals surface area (Å²) in [7, 11) is 1.52. The lowest BCUT2D eigenvalue weighted by atomic mass is 10.2. The summed E-state index contributed by atoms with van der Waals surface area (Å²) in [6.45, 7) is 0.511. The van der Waals surface area contributed by atoms with Crippen LogP contribution in [0.2, 0.25) is 0 Å². The molecule has 0 radical (unpaired) electrons. The summed E-state index contributed by atoms with van der Waals surface area (Å²) in [5, 5.41) is 14.3. The van der Waals surface area contributed by atoms with Crippen molar-refractivity contribution in [2.45, 2.75) is 0 Å². The number of aliphatic hydroxyl groups excluding tert-OH is 1. The molecule has 0 aliphatic rings. The molecule has 0 bridgehead atoms. The molecular weight excluding hydrogens is 260 g/mol. The van der Waals surface area contributed by atoms with E-state index in [-0.39, 0.29) is 25.7 Å². The van der Waals surface area contributed by atoms with Crippen LogP contribution in [0.1, 0.15) is 0 Å². The van der Waals surface area contributed by atoms with Gasteiger partial charge in [-0.1, -0.05) is 5.92 Å². The van der Waals surface area contributed by atoms with Gasteiger partial charge in [-0.2, -0.15) is 0 Å². The van der Waals surface area contributed by atoms with E-state index in [1.54, 1.807) is 18.2 Å². The monoisotopic (exact) mass is 278 g/mol. The summed E-state index contributed by atoms with van der Waals surface area (Å²) in [5.74, 6) is 3.16. The molecule has 20 heavy (non-hydrogen) atoms. The highest BCUT2D eigenvalue weighted by Crippen LogP contribution is 2.30. The average Bonchev–Trinajstić information content (AvgIpc) is 2.45. The number of nitrogens with one attached hydrogen (secondary N) is 2. The first-order chi connectivity index (χ1) is 9.71.